The van der Waals surface area contributed by atoms with Gasteiger partial charge in [-0.05, 0) is 24.6 Å². The van der Waals surface area contributed by atoms with Crippen LogP contribution >= 0.6 is 11.3 Å². The highest BCUT2D eigenvalue weighted by molar-refractivity contribution is 7.16. The smallest absolute Gasteiger partial charge is 0.326 e. The van der Waals surface area contributed by atoms with E-state index in [1.165, 1.54) is 18.4 Å². The minimum atomic E-state index is -0.416. The van der Waals surface area contributed by atoms with Crippen LogP contribution in [-0.2, 0) is 27.3 Å². The van der Waals surface area contributed by atoms with Crippen molar-refractivity contribution in [3.05, 3.63) is 40.7 Å². The largest absolute Gasteiger partial charge is 0.493 e. The number of amides is 1. The third-order valence-electron chi connectivity index (χ3n) is 4.96. The number of esters is 1. The molecular formula is C23H24N2O7S. The first-order valence-electron chi connectivity index (χ1n) is 10.4. The maximum atomic E-state index is 12.8. The van der Waals surface area contributed by atoms with Crippen molar-refractivity contribution in [2.45, 2.75) is 19.9 Å². The van der Waals surface area contributed by atoms with Gasteiger partial charge < -0.3 is 28.3 Å². The second-order valence-electron chi connectivity index (χ2n) is 7.11. The molecule has 2 aromatic carbocycles. The molecule has 1 aromatic heterocycles. The maximum Gasteiger partial charge on any atom is 0.326 e. The fourth-order valence-corrected chi connectivity index (χ4v) is 4.55. The Morgan fingerprint density at radius 1 is 1.06 bits per heavy atom. The van der Waals surface area contributed by atoms with Gasteiger partial charge in [-0.2, -0.15) is 4.99 Å². The fraction of sp³-hybridized carbons (Fsp3) is 0.348. The first-order chi connectivity index (χ1) is 16.0. The summed E-state index contributed by atoms with van der Waals surface area (Å²) in [5, 5.41) is 0. The molecule has 0 atom stereocenters. The molecule has 0 spiro atoms. The van der Waals surface area contributed by atoms with Gasteiger partial charge in [0.25, 0.3) is 5.91 Å². The van der Waals surface area contributed by atoms with E-state index < -0.39 is 5.97 Å². The Balaban J connectivity index is 1.71. The minimum absolute atomic E-state index is 0.0662. The van der Waals surface area contributed by atoms with Gasteiger partial charge in [-0.25, -0.2) is 0 Å². The summed E-state index contributed by atoms with van der Waals surface area (Å²) in [6.07, 6.45) is 0.0662. The lowest BCUT2D eigenvalue weighted by atomic mass is 10.1. The number of carbonyl (C=O) groups is 2. The molecule has 0 N–H and O–H groups in total. The SMILES string of the molecule is CCOC(=O)Cn1c(=NC(=O)Cc2ccc(OC)c(OC)c2)sc2cc3c(cc21)OCCO3. The van der Waals surface area contributed by atoms with Gasteiger partial charge in [-0.3, -0.25) is 9.59 Å². The third-order valence-corrected chi connectivity index (χ3v) is 6.00. The fourth-order valence-electron chi connectivity index (χ4n) is 3.49. The summed E-state index contributed by atoms with van der Waals surface area (Å²) < 4.78 is 29.5. The summed E-state index contributed by atoms with van der Waals surface area (Å²) in [6, 6.07) is 8.92. The third kappa shape index (κ3) is 4.95. The van der Waals surface area contributed by atoms with E-state index in [0.29, 0.717) is 41.0 Å². The predicted molar refractivity (Wildman–Crippen MR) is 121 cm³/mol. The normalized spacial score (nSPS) is 13.1. The zero-order valence-electron chi connectivity index (χ0n) is 18.6. The number of thiazole rings is 1. The molecule has 0 unspecified atom stereocenters. The average Bonchev–Trinajstić information content (AvgIpc) is 3.12. The lowest BCUT2D eigenvalue weighted by Crippen LogP contribution is -2.23. The number of ether oxygens (including phenoxy) is 5. The number of nitrogens with zero attached hydrogens (tertiary/aromatic N) is 2. The molecule has 0 fully saturated rings. The van der Waals surface area contributed by atoms with Crippen LogP contribution in [0, 0.1) is 0 Å². The Labute approximate surface area is 194 Å². The first kappa shape index (κ1) is 22.7. The molecule has 4 rings (SSSR count). The molecule has 1 aliphatic heterocycles. The Hall–Kier alpha value is -3.53. The van der Waals surface area contributed by atoms with Crippen molar-refractivity contribution in [2.75, 3.05) is 34.0 Å². The number of aromatic nitrogens is 1. The van der Waals surface area contributed by atoms with Crippen LogP contribution in [0.2, 0.25) is 0 Å². The van der Waals surface area contributed by atoms with Crippen LogP contribution < -0.4 is 23.7 Å². The second kappa shape index (κ2) is 9.95. The average molecular weight is 473 g/mol. The van der Waals surface area contributed by atoms with Crippen molar-refractivity contribution >= 4 is 33.4 Å². The number of rotatable bonds is 7. The number of benzene rings is 2. The molecular weight excluding hydrogens is 448 g/mol. The summed E-state index contributed by atoms with van der Waals surface area (Å²) >= 11 is 1.30. The van der Waals surface area contributed by atoms with Crippen molar-refractivity contribution in [3.63, 3.8) is 0 Å². The molecule has 0 saturated carbocycles. The number of methoxy groups -OCH3 is 2. The Morgan fingerprint density at radius 3 is 2.48 bits per heavy atom. The summed E-state index contributed by atoms with van der Waals surface area (Å²) in [7, 11) is 3.09. The van der Waals surface area contributed by atoms with Gasteiger partial charge >= 0.3 is 5.97 Å². The topological polar surface area (TPSA) is 97.6 Å². The molecule has 3 aromatic rings. The van der Waals surface area contributed by atoms with Crippen molar-refractivity contribution in [3.8, 4) is 23.0 Å². The molecule has 9 nitrogen and oxygen atoms in total. The molecule has 10 heteroatoms. The number of hydrogen-bond acceptors (Lipinski definition) is 8. The van der Waals surface area contributed by atoms with Gasteiger partial charge in [-0.1, -0.05) is 17.4 Å². The molecule has 2 heterocycles. The summed E-state index contributed by atoms with van der Waals surface area (Å²) in [4.78, 5) is 29.8. The van der Waals surface area contributed by atoms with Crippen molar-refractivity contribution < 1.29 is 33.3 Å². The van der Waals surface area contributed by atoms with Gasteiger partial charge in [0.1, 0.15) is 19.8 Å². The van der Waals surface area contributed by atoms with Gasteiger partial charge in [0.15, 0.2) is 27.8 Å². The van der Waals surface area contributed by atoms with Crippen molar-refractivity contribution in [2.24, 2.45) is 4.99 Å². The Bertz CT molecular complexity index is 1260. The lowest BCUT2D eigenvalue weighted by molar-refractivity contribution is -0.143. The van der Waals surface area contributed by atoms with Crippen LogP contribution in [0.4, 0.5) is 0 Å². The van der Waals surface area contributed by atoms with Gasteiger partial charge in [0, 0.05) is 12.1 Å². The summed E-state index contributed by atoms with van der Waals surface area (Å²) in [6.45, 7) is 2.84. The number of fused-ring (bicyclic) bond motifs is 2. The summed E-state index contributed by atoms with van der Waals surface area (Å²) in [5.74, 6) is 1.56. The van der Waals surface area contributed by atoms with Crippen LogP contribution in [0.1, 0.15) is 12.5 Å². The van der Waals surface area contributed by atoms with Crippen LogP contribution in [0.25, 0.3) is 10.2 Å². The van der Waals surface area contributed by atoms with Crippen LogP contribution in [0.15, 0.2) is 35.3 Å². The van der Waals surface area contributed by atoms with Crippen LogP contribution in [-0.4, -0.2) is 50.5 Å². The zero-order valence-corrected chi connectivity index (χ0v) is 19.4. The molecule has 1 aliphatic rings. The number of hydrogen-bond donors (Lipinski definition) is 0. The van der Waals surface area contributed by atoms with Gasteiger partial charge in [-0.15, -0.1) is 0 Å². The maximum absolute atomic E-state index is 12.8. The molecule has 1 amide bonds. The summed E-state index contributed by atoms with van der Waals surface area (Å²) in [5.41, 5.74) is 1.45. The van der Waals surface area contributed by atoms with E-state index in [-0.39, 0.29) is 25.5 Å². The highest BCUT2D eigenvalue weighted by Gasteiger charge is 2.18. The van der Waals surface area contributed by atoms with E-state index in [1.807, 2.05) is 6.07 Å². The van der Waals surface area contributed by atoms with Crippen molar-refractivity contribution in [1.82, 2.24) is 4.57 Å². The molecule has 0 aliphatic carbocycles. The van der Waals surface area contributed by atoms with E-state index >= 15 is 0 Å². The molecule has 0 saturated heterocycles. The molecule has 33 heavy (non-hydrogen) atoms. The van der Waals surface area contributed by atoms with Gasteiger partial charge in [0.05, 0.1) is 37.5 Å². The highest BCUT2D eigenvalue weighted by atomic mass is 32.1. The van der Waals surface area contributed by atoms with E-state index in [2.05, 4.69) is 4.99 Å². The first-order valence-corrected chi connectivity index (χ1v) is 11.2. The van der Waals surface area contributed by atoms with Gasteiger partial charge in [0.2, 0.25) is 0 Å². The highest BCUT2D eigenvalue weighted by Crippen LogP contribution is 2.35. The minimum Gasteiger partial charge on any atom is -0.493 e. The number of carbonyl (C=O) groups excluding carboxylic acids is 2. The van der Waals surface area contributed by atoms with Crippen molar-refractivity contribution in [1.29, 1.82) is 0 Å². The van der Waals surface area contributed by atoms with E-state index in [9.17, 15) is 9.59 Å². The quantitative estimate of drug-likeness (QED) is 0.488. The van der Waals surface area contributed by atoms with E-state index in [4.69, 9.17) is 23.7 Å². The predicted octanol–water partition coefficient (Wildman–Crippen LogP) is 2.72. The lowest BCUT2D eigenvalue weighted by Gasteiger charge is -2.18. The molecule has 0 bridgehead atoms. The Morgan fingerprint density at radius 2 is 1.79 bits per heavy atom. The molecule has 0 radical (unpaired) electrons. The second-order valence-corrected chi connectivity index (χ2v) is 8.12. The monoisotopic (exact) mass is 472 g/mol. The van der Waals surface area contributed by atoms with E-state index in [0.717, 1.165) is 15.8 Å². The van der Waals surface area contributed by atoms with Crippen LogP contribution in [0.3, 0.4) is 0 Å². The standard InChI is InChI=1S/C23H24N2O7S/c1-4-30-22(27)13-25-15-11-18-19(32-8-7-31-18)12-20(15)33-23(25)24-21(26)10-14-5-6-16(28-2)17(9-14)29-3/h5-6,9,11-12H,4,7-8,10,13H2,1-3H3. The van der Waals surface area contributed by atoms with Crippen LogP contribution in [0.5, 0.6) is 23.0 Å². The van der Waals surface area contributed by atoms with E-state index in [1.54, 1.807) is 42.9 Å². The zero-order chi connectivity index (χ0) is 23.4. The molecule has 174 valence electrons. The Kier molecular flexibility index (Phi) is 6.83.